The molecule has 1 aliphatic heterocycles. The number of nitrogens with one attached hydrogen (secondary N) is 1. The molecule has 4 heteroatoms. The van der Waals surface area contributed by atoms with Gasteiger partial charge in [-0.2, -0.15) is 0 Å². The fraction of sp³-hybridized carbons (Fsp3) is 0.400. The summed E-state index contributed by atoms with van der Waals surface area (Å²) in [6.45, 7) is 2.31. The highest BCUT2D eigenvalue weighted by Crippen LogP contribution is 2.20. The van der Waals surface area contributed by atoms with Crippen molar-refractivity contribution < 1.29 is 9.53 Å². The highest BCUT2D eigenvalue weighted by Gasteiger charge is 2.28. The Morgan fingerprint density at radius 1 is 1.53 bits per heavy atom. The maximum atomic E-state index is 12.0. The highest BCUT2D eigenvalue weighted by atomic mass is 16.5. The van der Waals surface area contributed by atoms with Crippen molar-refractivity contribution in [1.82, 2.24) is 0 Å². The summed E-state index contributed by atoms with van der Waals surface area (Å²) in [6, 6.07) is 7.41. The lowest BCUT2D eigenvalue weighted by molar-refractivity contribution is -0.126. The third-order valence-corrected chi connectivity index (χ3v) is 2.99. The van der Waals surface area contributed by atoms with Crippen molar-refractivity contribution >= 4 is 11.6 Å². The second-order valence-corrected chi connectivity index (χ2v) is 4.59. The molecule has 0 aromatic heterocycles. The standard InChI is InChI=1S/C15H18N2O2/c1-11-7-8-14(19-11)15(18)17-13-6-2-4-12(10-13)5-3-9-16/h2,4,6,10-11,14H,7-9,16H2,1H3,(H,17,18). The topological polar surface area (TPSA) is 64.4 Å². The summed E-state index contributed by atoms with van der Waals surface area (Å²) in [6.07, 6.45) is 1.53. The molecule has 0 bridgehead atoms. The fourth-order valence-corrected chi connectivity index (χ4v) is 2.05. The maximum Gasteiger partial charge on any atom is 0.253 e. The van der Waals surface area contributed by atoms with Crippen molar-refractivity contribution in [2.45, 2.75) is 32.0 Å². The van der Waals surface area contributed by atoms with E-state index in [0.717, 1.165) is 24.1 Å². The van der Waals surface area contributed by atoms with Crippen LogP contribution in [0.25, 0.3) is 0 Å². The lowest BCUT2D eigenvalue weighted by atomic mass is 10.1. The summed E-state index contributed by atoms with van der Waals surface area (Å²) in [4.78, 5) is 12.0. The van der Waals surface area contributed by atoms with Gasteiger partial charge in [-0.3, -0.25) is 4.79 Å². The van der Waals surface area contributed by atoms with Crippen LogP contribution in [0.4, 0.5) is 5.69 Å². The Morgan fingerprint density at radius 2 is 2.37 bits per heavy atom. The molecule has 100 valence electrons. The predicted octanol–water partition coefficient (Wildman–Crippen LogP) is 1.50. The van der Waals surface area contributed by atoms with Gasteiger partial charge in [-0.1, -0.05) is 17.9 Å². The molecule has 4 nitrogen and oxygen atoms in total. The number of benzene rings is 1. The van der Waals surface area contributed by atoms with Crippen LogP contribution >= 0.6 is 0 Å². The number of nitrogens with two attached hydrogens (primary N) is 1. The number of anilines is 1. The van der Waals surface area contributed by atoms with E-state index in [2.05, 4.69) is 17.2 Å². The molecule has 2 rings (SSSR count). The Kier molecular flexibility index (Phi) is 4.56. The molecule has 1 heterocycles. The highest BCUT2D eigenvalue weighted by molar-refractivity contribution is 5.94. The first-order chi connectivity index (χ1) is 9.19. The van der Waals surface area contributed by atoms with Crippen molar-refractivity contribution in [2.24, 2.45) is 5.73 Å². The zero-order chi connectivity index (χ0) is 13.7. The number of hydrogen-bond acceptors (Lipinski definition) is 3. The third kappa shape index (κ3) is 3.82. The number of hydrogen-bond donors (Lipinski definition) is 2. The van der Waals surface area contributed by atoms with Gasteiger partial charge in [-0.15, -0.1) is 0 Å². The lowest BCUT2D eigenvalue weighted by Crippen LogP contribution is -2.27. The molecule has 0 spiro atoms. The van der Waals surface area contributed by atoms with Gasteiger partial charge in [0.2, 0.25) is 0 Å². The van der Waals surface area contributed by atoms with Gasteiger partial charge in [0.1, 0.15) is 6.10 Å². The van der Waals surface area contributed by atoms with Crippen LogP contribution < -0.4 is 11.1 Å². The molecule has 1 aromatic carbocycles. The Morgan fingerprint density at radius 3 is 3.05 bits per heavy atom. The van der Waals surface area contributed by atoms with Gasteiger partial charge in [0.25, 0.3) is 5.91 Å². The molecule has 0 radical (unpaired) electrons. The van der Waals surface area contributed by atoms with Crippen molar-refractivity contribution in [3.8, 4) is 11.8 Å². The van der Waals surface area contributed by atoms with Gasteiger partial charge >= 0.3 is 0 Å². The molecule has 1 amide bonds. The first kappa shape index (κ1) is 13.6. The van der Waals surface area contributed by atoms with Crippen molar-refractivity contribution in [2.75, 3.05) is 11.9 Å². The summed E-state index contributed by atoms with van der Waals surface area (Å²) < 4.78 is 5.53. The summed E-state index contributed by atoms with van der Waals surface area (Å²) in [5, 5.41) is 2.86. The van der Waals surface area contributed by atoms with E-state index in [1.807, 2.05) is 31.2 Å². The Balaban J connectivity index is 2.00. The van der Waals surface area contributed by atoms with Gasteiger partial charge in [0, 0.05) is 11.3 Å². The van der Waals surface area contributed by atoms with Crippen LogP contribution in [-0.4, -0.2) is 24.7 Å². The van der Waals surface area contributed by atoms with Gasteiger partial charge in [-0.05, 0) is 38.0 Å². The van der Waals surface area contributed by atoms with E-state index in [0.29, 0.717) is 6.54 Å². The van der Waals surface area contributed by atoms with Gasteiger partial charge in [-0.25, -0.2) is 0 Å². The average molecular weight is 258 g/mol. The van der Waals surface area contributed by atoms with E-state index in [9.17, 15) is 4.79 Å². The minimum Gasteiger partial charge on any atom is -0.365 e. The maximum absolute atomic E-state index is 12.0. The van der Waals surface area contributed by atoms with Crippen molar-refractivity contribution in [3.05, 3.63) is 29.8 Å². The van der Waals surface area contributed by atoms with Gasteiger partial charge in [0.05, 0.1) is 12.6 Å². The Hall–Kier alpha value is -1.83. The quantitative estimate of drug-likeness (QED) is 0.790. The number of ether oxygens (including phenoxy) is 1. The van der Waals surface area contributed by atoms with E-state index in [-0.39, 0.29) is 18.1 Å². The van der Waals surface area contributed by atoms with E-state index in [1.165, 1.54) is 0 Å². The van der Waals surface area contributed by atoms with E-state index < -0.39 is 0 Å². The van der Waals surface area contributed by atoms with Crippen LogP contribution in [-0.2, 0) is 9.53 Å². The third-order valence-electron chi connectivity index (χ3n) is 2.99. The van der Waals surface area contributed by atoms with Crippen molar-refractivity contribution in [3.63, 3.8) is 0 Å². The molecule has 3 N–H and O–H groups in total. The smallest absolute Gasteiger partial charge is 0.253 e. The molecular formula is C15H18N2O2. The monoisotopic (exact) mass is 258 g/mol. The van der Waals surface area contributed by atoms with E-state index in [4.69, 9.17) is 10.5 Å². The van der Waals surface area contributed by atoms with Crippen LogP contribution in [0.1, 0.15) is 25.3 Å². The molecule has 19 heavy (non-hydrogen) atoms. The molecule has 1 aliphatic rings. The number of rotatable bonds is 2. The first-order valence-electron chi connectivity index (χ1n) is 6.44. The average Bonchev–Trinajstić information content (AvgIpc) is 2.83. The number of carbonyl (C=O) groups excluding carboxylic acids is 1. The molecule has 1 fully saturated rings. The molecule has 1 aromatic rings. The van der Waals surface area contributed by atoms with Crippen LogP contribution in [0.3, 0.4) is 0 Å². The number of amides is 1. The molecular weight excluding hydrogens is 240 g/mol. The SMILES string of the molecule is CC1CCC(C(=O)Nc2cccc(C#CCN)c2)O1. The molecule has 2 unspecified atom stereocenters. The first-order valence-corrected chi connectivity index (χ1v) is 6.44. The summed E-state index contributed by atoms with van der Waals surface area (Å²) >= 11 is 0. The van der Waals surface area contributed by atoms with Crippen LogP contribution in [0, 0.1) is 11.8 Å². The predicted molar refractivity (Wildman–Crippen MR) is 74.6 cm³/mol. The van der Waals surface area contributed by atoms with E-state index in [1.54, 1.807) is 0 Å². The second-order valence-electron chi connectivity index (χ2n) is 4.59. The molecule has 2 atom stereocenters. The van der Waals surface area contributed by atoms with Crippen LogP contribution in [0.5, 0.6) is 0 Å². The zero-order valence-corrected chi connectivity index (χ0v) is 11.0. The van der Waals surface area contributed by atoms with Gasteiger partial charge < -0.3 is 15.8 Å². The summed E-state index contributed by atoms with van der Waals surface area (Å²) in [7, 11) is 0. The molecule has 1 saturated heterocycles. The van der Waals surface area contributed by atoms with E-state index >= 15 is 0 Å². The zero-order valence-electron chi connectivity index (χ0n) is 11.0. The fourth-order valence-electron chi connectivity index (χ4n) is 2.05. The Labute approximate surface area is 113 Å². The molecule has 0 saturated carbocycles. The molecule has 0 aliphatic carbocycles. The van der Waals surface area contributed by atoms with Gasteiger partial charge in [0.15, 0.2) is 0 Å². The largest absolute Gasteiger partial charge is 0.365 e. The summed E-state index contributed by atoms with van der Waals surface area (Å²) in [5.41, 5.74) is 6.90. The lowest BCUT2D eigenvalue weighted by Gasteiger charge is -2.11. The van der Waals surface area contributed by atoms with Crippen molar-refractivity contribution in [1.29, 1.82) is 0 Å². The second kappa shape index (κ2) is 6.37. The van der Waals surface area contributed by atoms with Crippen LogP contribution in [0.2, 0.25) is 0 Å². The van der Waals surface area contributed by atoms with Crippen LogP contribution in [0.15, 0.2) is 24.3 Å². The summed E-state index contributed by atoms with van der Waals surface area (Å²) in [5.74, 6) is 5.63. The minimum atomic E-state index is -0.339. The number of carbonyl (C=O) groups is 1. The minimum absolute atomic E-state index is 0.0896. The normalized spacial score (nSPS) is 21.6. The Bertz CT molecular complexity index is 516.